The molecule has 0 fully saturated rings. The van der Waals surface area contributed by atoms with Crippen LogP contribution in [0.2, 0.25) is 5.02 Å². The average Bonchev–Trinajstić information content (AvgIpc) is 3.10. The van der Waals surface area contributed by atoms with Gasteiger partial charge in [0, 0.05) is 35.7 Å². The zero-order valence-corrected chi connectivity index (χ0v) is 17.1. The number of carbonyl (C=O) groups is 1. The van der Waals surface area contributed by atoms with Gasteiger partial charge >= 0.3 is 6.03 Å². The standard InChI is InChI=1S/C23H26ClN3O/c1-3-13-27(23(28)25-21-11-9-18(2)10-12-21)17-22-8-5-14-26(22)16-19-6-4-7-20(24)15-19/h4-12,14-15H,3,13,16-17H2,1-2H3,(H,25,28). The van der Waals surface area contributed by atoms with Gasteiger partial charge in [-0.25, -0.2) is 4.79 Å². The summed E-state index contributed by atoms with van der Waals surface area (Å²) in [6, 6.07) is 19.7. The Balaban J connectivity index is 1.71. The van der Waals surface area contributed by atoms with Crippen LogP contribution < -0.4 is 5.32 Å². The van der Waals surface area contributed by atoms with Crippen molar-refractivity contribution in [1.82, 2.24) is 9.47 Å². The predicted octanol–water partition coefficient (Wildman–Crippen LogP) is 5.94. The summed E-state index contributed by atoms with van der Waals surface area (Å²) < 4.78 is 2.16. The van der Waals surface area contributed by atoms with Gasteiger partial charge in [-0.15, -0.1) is 0 Å². The summed E-state index contributed by atoms with van der Waals surface area (Å²) in [7, 11) is 0. The Labute approximate surface area is 171 Å². The first-order valence-corrected chi connectivity index (χ1v) is 9.94. The molecule has 0 saturated heterocycles. The number of nitrogens with one attached hydrogen (secondary N) is 1. The maximum atomic E-state index is 12.8. The Hall–Kier alpha value is -2.72. The lowest BCUT2D eigenvalue weighted by Gasteiger charge is -2.23. The number of nitrogens with zero attached hydrogens (tertiary/aromatic N) is 2. The molecule has 0 aliphatic carbocycles. The molecule has 146 valence electrons. The Bertz CT molecular complexity index is 918. The molecule has 1 N–H and O–H groups in total. The molecule has 5 heteroatoms. The minimum Gasteiger partial charge on any atom is -0.345 e. The van der Waals surface area contributed by atoms with Crippen LogP contribution in [-0.4, -0.2) is 22.0 Å². The fraction of sp³-hybridized carbons (Fsp3) is 0.261. The van der Waals surface area contributed by atoms with E-state index in [0.29, 0.717) is 13.1 Å². The van der Waals surface area contributed by atoms with E-state index in [-0.39, 0.29) is 6.03 Å². The molecule has 0 aliphatic heterocycles. The number of halogens is 1. The highest BCUT2D eigenvalue weighted by Gasteiger charge is 2.15. The molecule has 2 amide bonds. The molecule has 1 aromatic heterocycles. The van der Waals surface area contributed by atoms with E-state index in [1.165, 1.54) is 5.56 Å². The molecule has 3 aromatic rings. The minimum absolute atomic E-state index is 0.0822. The molecule has 4 nitrogen and oxygen atoms in total. The van der Waals surface area contributed by atoms with E-state index in [1.54, 1.807) is 0 Å². The summed E-state index contributed by atoms with van der Waals surface area (Å²) in [5, 5.41) is 3.74. The molecule has 3 rings (SSSR count). The fourth-order valence-corrected chi connectivity index (χ4v) is 3.35. The van der Waals surface area contributed by atoms with Gasteiger partial charge < -0.3 is 14.8 Å². The van der Waals surface area contributed by atoms with Gasteiger partial charge in [-0.05, 0) is 55.3 Å². The van der Waals surface area contributed by atoms with Gasteiger partial charge in [0.2, 0.25) is 0 Å². The Morgan fingerprint density at radius 2 is 1.89 bits per heavy atom. The number of rotatable bonds is 7. The summed E-state index contributed by atoms with van der Waals surface area (Å²) in [6.07, 6.45) is 2.94. The molecule has 0 unspecified atom stereocenters. The van der Waals surface area contributed by atoms with Crippen molar-refractivity contribution >= 4 is 23.3 Å². The Morgan fingerprint density at radius 1 is 1.11 bits per heavy atom. The smallest absolute Gasteiger partial charge is 0.322 e. The highest BCUT2D eigenvalue weighted by atomic mass is 35.5. The second kappa shape index (κ2) is 9.47. The average molecular weight is 396 g/mol. The van der Waals surface area contributed by atoms with Gasteiger partial charge in [0.25, 0.3) is 0 Å². The van der Waals surface area contributed by atoms with Crippen molar-refractivity contribution in [3.8, 4) is 0 Å². The molecule has 0 spiro atoms. The number of aryl methyl sites for hydroxylation is 1. The highest BCUT2D eigenvalue weighted by Crippen LogP contribution is 2.16. The number of carbonyl (C=O) groups excluding carboxylic acids is 1. The van der Waals surface area contributed by atoms with Crippen LogP contribution in [0.1, 0.15) is 30.2 Å². The highest BCUT2D eigenvalue weighted by molar-refractivity contribution is 6.30. The third kappa shape index (κ3) is 5.40. The molecular formula is C23H26ClN3O. The number of benzene rings is 2. The maximum absolute atomic E-state index is 12.8. The summed E-state index contributed by atoms with van der Waals surface area (Å²) in [5.74, 6) is 0. The Kier molecular flexibility index (Phi) is 6.77. The predicted molar refractivity (Wildman–Crippen MR) is 116 cm³/mol. The summed E-state index contributed by atoms with van der Waals surface area (Å²) in [6.45, 7) is 6.09. The number of urea groups is 1. The SMILES string of the molecule is CCCN(Cc1cccn1Cc1cccc(Cl)c1)C(=O)Nc1ccc(C)cc1. The van der Waals surface area contributed by atoms with Crippen molar-refractivity contribution in [2.45, 2.75) is 33.4 Å². The van der Waals surface area contributed by atoms with Gasteiger partial charge in [-0.2, -0.15) is 0 Å². The third-order valence-electron chi connectivity index (χ3n) is 4.60. The van der Waals surface area contributed by atoms with Crippen molar-refractivity contribution in [1.29, 1.82) is 0 Å². The van der Waals surface area contributed by atoms with Gasteiger partial charge in [0.1, 0.15) is 0 Å². The van der Waals surface area contributed by atoms with Crippen LogP contribution in [0, 0.1) is 6.92 Å². The van der Waals surface area contributed by atoms with Crippen LogP contribution in [0.5, 0.6) is 0 Å². The maximum Gasteiger partial charge on any atom is 0.322 e. The lowest BCUT2D eigenvalue weighted by Crippen LogP contribution is -2.35. The lowest BCUT2D eigenvalue weighted by molar-refractivity contribution is 0.208. The number of anilines is 1. The first-order valence-electron chi connectivity index (χ1n) is 9.56. The number of amides is 2. The molecule has 0 bridgehead atoms. The van der Waals surface area contributed by atoms with Crippen LogP contribution in [-0.2, 0) is 13.1 Å². The van der Waals surface area contributed by atoms with Crippen molar-refractivity contribution in [2.24, 2.45) is 0 Å². The fourth-order valence-electron chi connectivity index (χ4n) is 3.14. The van der Waals surface area contributed by atoms with Crippen LogP contribution in [0.3, 0.4) is 0 Å². The first kappa shape index (κ1) is 20.0. The molecule has 0 saturated carbocycles. The van der Waals surface area contributed by atoms with Gasteiger partial charge in [-0.3, -0.25) is 0 Å². The van der Waals surface area contributed by atoms with E-state index >= 15 is 0 Å². The van der Waals surface area contributed by atoms with E-state index in [9.17, 15) is 4.79 Å². The normalized spacial score (nSPS) is 10.7. The molecule has 0 atom stereocenters. The van der Waals surface area contributed by atoms with Crippen molar-refractivity contribution in [3.05, 3.63) is 88.7 Å². The zero-order chi connectivity index (χ0) is 19.9. The monoisotopic (exact) mass is 395 g/mol. The van der Waals surface area contributed by atoms with Crippen LogP contribution in [0.25, 0.3) is 0 Å². The Morgan fingerprint density at radius 3 is 2.61 bits per heavy atom. The van der Waals surface area contributed by atoms with E-state index < -0.39 is 0 Å². The van der Waals surface area contributed by atoms with Gasteiger partial charge in [0.15, 0.2) is 0 Å². The van der Waals surface area contributed by atoms with Crippen molar-refractivity contribution in [2.75, 3.05) is 11.9 Å². The van der Waals surface area contributed by atoms with E-state index in [0.717, 1.165) is 34.9 Å². The zero-order valence-electron chi connectivity index (χ0n) is 16.4. The first-order chi connectivity index (χ1) is 13.5. The van der Waals surface area contributed by atoms with E-state index in [1.807, 2.05) is 66.6 Å². The lowest BCUT2D eigenvalue weighted by atomic mass is 10.2. The molecule has 2 aromatic carbocycles. The molecule has 0 radical (unpaired) electrons. The molecule has 0 aliphatic rings. The quantitative estimate of drug-likeness (QED) is 0.527. The summed E-state index contributed by atoms with van der Waals surface area (Å²) >= 11 is 6.11. The van der Waals surface area contributed by atoms with Crippen molar-refractivity contribution < 1.29 is 4.79 Å². The van der Waals surface area contributed by atoms with E-state index in [4.69, 9.17) is 11.6 Å². The van der Waals surface area contributed by atoms with Gasteiger partial charge in [0.05, 0.1) is 6.54 Å². The van der Waals surface area contributed by atoms with Gasteiger partial charge in [-0.1, -0.05) is 48.4 Å². The topological polar surface area (TPSA) is 37.3 Å². The number of hydrogen-bond acceptors (Lipinski definition) is 1. The summed E-state index contributed by atoms with van der Waals surface area (Å²) in [5.41, 5.74) is 4.21. The van der Waals surface area contributed by atoms with Crippen molar-refractivity contribution in [3.63, 3.8) is 0 Å². The van der Waals surface area contributed by atoms with E-state index in [2.05, 4.69) is 28.9 Å². The third-order valence-corrected chi connectivity index (χ3v) is 4.84. The second-order valence-corrected chi connectivity index (χ2v) is 7.41. The molecular weight excluding hydrogens is 370 g/mol. The number of hydrogen-bond donors (Lipinski definition) is 1. The largest absolute Gasteiger partial charge is 0.345 e. The second-order valence-electron chi connectivity index (χ2n) is 6.98. The number of aromatic nitrogens is 1. The van der Waals surface area contributed by atoms with Crippen LogP contribution in [0.4, 0.5) is 10.5 Å². The van der Waals surface area contributed by atoms with Crippen LogP contribution >= 0.6 is 11.6 Å². The summed E-state index contributed by atoms with van der Waals surface area (Å²) in [4.78, 5) is 14.7. The van der Waals surface area contributed by atoms with Crippen LogP contribution in [0.15, 0.2) is 66.9 Å². The molecule has 1 heterocycles. The minimum atomic E-state index is -0.0822. The molecule has 28 heavy (non-hydrogen) atoms.